The Kier molecular flexibility index (Phi) is 7.01. The third-order valence-corrected chi connectivity index (χ3v) is 3.25. The smallest absolute Gasteiger partial charge is 0.191 e. The normalized spacial score (nSPS) is 11.8. The lowest BCUT2D eigenvalue weighted by molar-refractivity contribution is 0.357. The summed E-state index contributed by atoms with van der Waals surface area (Å²) in [5.41, 5.74) is 1.57. The Morgan fingerprint density at radius 2 is 2.10 bits per heavy atom. The van der Waals surface area contributed by atoms with E-state index in [4.69, 9.17) is 0 Å². The largest absolute Gasteiger partial charge is 0.355 e. The fraction of sp³-hybridized carbons (Fsp3) is 0.533. The Morgan fingerprint density at radius 1 is 1.35 bits per heavy atom. The molecule has 0 aromatic heterocycles. The van der Waals surface area contributed by atoms with Crippen LogP contribution in [-0.2, 0) is 6.54 Å². The van der Waals surface area contributed by atoms with Gasteiger partial charge in [-0.25, -0.2) is 4.39 Å². The average molecular weight is 280 g/mol. The summed E-state index contributed by atoms with van der Waals surface area (Å²) < 4.78 is 13.4. The molecule has 0 spiro atoms. The lowest BCUT2D eigenvalue weighted by Crippen LogP contribution is -2.40. The maximum absolute atomic E-state index is 13.4. The van der Waals surface area contributed by atoms with Crippen molar-refractivity contribution < 1.29 is 4.39 Å². The van der Waals surface area contributed by atoms with Crippen molar-refractivity contribution in [2.45, 2.75) is 20.4 Å². The summed E-state index contributed by atoms with van der Waals surface area (Å²) in [5, 5.41) is 6.41. The molecular formula is C15H25FN4. The second-order valence-electron chi connectivity index (χ2n) is 4.83. The van der Waals surface area contributed by atoms with Gasteiger partial charge in [0.1, 0.15) is 5.82 Å². The highest BCUT2D eigenvalue weighted by Gasteiger charge is 2.02. The number of hydrogen-bond donors (Lipinski definition) is 2. The fourth-order valence-corrected chi connectivity index (χ4v) is 1.68. The van der Waals surface area contributed by atoms with Crippen molar-refractivity contribution in [3.63, 3.8) is 0 Å². The zero-order chi connectivity index (χ0) is 15.0. The van der Waals surface area contributed by atoms with E-state index < -0.39 is 0 Å². The minimum Gasteiger partial charge on any atom is -0.355 e. The molecule has 0 aliphatic rings. The molecule has 1 aromatic carbocycles. The molecule has 0 radical (unpaired) electrons. The molecule has 0 saturated heterocycles. The maximum atomic E-state index is 13.4. The van der Waals surface area contributed by atoms with E-state index in [1.54, 1.807) is 26.1 Å². The highest BCUT2D eigenvalue weighted by Crippen LogP contribution is 2.08. The fourth-order valence-electron chi connectivity index (χ4n) is 1.68. The predicted molar refractivity (Wildman–Crippen MR) is 82.5 cm³/mol. The Bertz CT molecular complexity index is 445. The summed E-state index contributed by atoms with van der Waals surface area (Å²) in [6.45, 7) is 7.25. The zero-order valence-corrected chi connectivity index (χ0v) is 12.8. The van der Waals surface area contributed by atoms with E-state index in [-0.39, 0.29) is 5.82 Å². The maximum Gasteiger partial charge on any atom is 0.191 e. The zero-order valence-electron chi connectivity index (χ0n) is 12.8. The molecule has 20 heavy (non-hydrogen) atoms. The number of likely N-dealkylation sites (N-methyl/N-ethyl adjacent to an activating group) is 1. The lowest BCUT2D eigenvalue weighted by Gasteiger charge is -2.16. The number of nitrogens with zero attached hydrogens (tertiary/aromatic N) is 2. The van der Waals surface area contributed by atoms with Gasteiger partial charge in [-0.05, 0) is 37.7 Å². The Hall–Kier alpha value is -1.62. The van der Waals surface area contributed by atoms with Crippen LogP contribution < -0.4 is 10.6 Å². The van der Waals surface area contributed by atoms with Crippen LogP contribution in [-0.4, -0.2) is 44.6 Å². The molecule has 1 rings (SSSR count). The van der Waals surface area contributed by atoms with Gasteiger partial charge in [0.25, 0.3) is 0 Å². The Morgan fingerprint density at radius 3 is 2.70 bits per heavy atom. The van der Waals surface area contributed by atoms with Crippen molar-refractivity contribution in [2.24, 2.45) is 4.99 Å². The molecule has 0 fully saturated rings. The molecule has 1 aromatic rings. The third-order valence-electron chi connectivity index (χ3n) is 3.25. The molecule has 0 bridgehead atoms. The van der Waals surface area contributed by atoms with Gasteiger partial charge < -0.3 is 15.5 Å². The van der Waals surface area contributed by atoms with Gasteiger partial charge in [0, 0.05) is 26.7 Å². The lowest BCUT2D eigenvalue weighted by atomic mass is 10.1. The van der Waals surface area contributed by atoms with Crippen LogP contribution in [0, 0.1) is 12.7 Å². The molecule has 5 heteroatoms. The van der Waals surface area contributed by atoms with E-state index in [1.807, 2.05) is 6.07 Å². The van der Waals surface area contributed by atoms with Crippen molar-refractivity contribution in [2.75, 3.05) is 33.7 Å². The summed E-state index contributed by atoms with van der Waals surface area (Å²) in [6, 6.07) is 5.27. The van der Waals surface area contributed by atoms with E-state index in [1.165, 1.54) is 0 Å². The molecule has 0 amide bonds. The van der Waals surface area contributed by atoms with Crippen LogP contribution in [0.1, 0.15) is 18.1 Å². The van der Waals surface area contributed by atoms with E-state index in [9.17, 15) is 4.39 Å². The van der Waals surface area contributed by atoms with E-state index in [2.05, 4.69) is 34.5 Å². The van der Waals surface area contributed by atoms with Gasteiger partial charge in [-0.3, -0.25) is 4.99 Å². The van der Waals surface area contributed by atoms with Gasteiger partial charge in [0.2, 0.25) is 0 Å². The molecule has 4 nitrogen and oxygen atoms in total. The number of aryl methyl sites for hydroxylation is 1. The molecular weight excluding hydrogens is 255 g/mol. The number of aliphatic imine (C=N–C) groups is 1. The van der Waals surface area contributed by atoms with Crippen molar-refractivity contribution in [1.29, 1.82) is 0 Å². The highest BCUT2D eigenvalue weighted by atomic mass is 19.1. The predicted octanol–water partition coefficient (Wildman–Crippen LogP) is 1.75. The van der Waals surface area contributed by atoms with Crippen LogP contribution in [0.4, 0.5) is 4.39 Å². The van der Waals surface area contributed by atoms with Gasteiger partial charge in [0.15, 0.2) is 5.96 Å². The quantitative estimate of drug-likeness (QED) is 0.616. The van der Waals surface area contributed by atoms with Crippen LogP contribution in [0.3, 0.4) is 0 Å². The molecule has 0 saturated carbocycles. The molecule has 0 unspecified atom stereocenters. The first-order valence-corrected chi connectivity index (χ1v) is 6.95. The molecule has 2 N–H and O–H groups in total. The van der Waals surface area contributed by atoms with E-state index in [0.717, 1.165) is 31.2 Å². The van der Waals surface area contributed by atoms with Gasteiger partial charge in [-0.1, -0.05) is 19.1 Å². The Labute approximate surface area is 121 Å². The van der Waals surface area contributed by atoms with Crippen LogP contribution in [0.2, 0.25) is 0 Å². The van der Waals surface area contributed by atoms with Crippen LogP contribution in [0.5, 0.6) is 0 Å². The van der Waals surface area contributed by atoms with Crippen molar-refractivity contribution in [3.8, 4) is 0 Å². The van der Waals surface area contributed by atoms with Crippen LogP contribution in [0.15, 0.2) is 23.2 Å². The summed E-state index contributed by atoms with van der Waals surface area (Å²) in [4.78, 5) is 6.37. The summed E-state index contributed by atoms with van der Waals surface area (Å²) in [7, 11) is 3.81. The number of guanidine groups is 1. The summed E-state index contributed by atoms with van der Waals surface area (Å²) in [5.74, 6) is 0.562. The van der Waals surface area contributed by atoms with Gasteiger partial charge in [-0.15, -0.1) is 0 Å². The topological polar surface area (TPSA) is 39.7 Å². The van der Waals surface area contributed by atoms with Crippen molar-refractivity contribution in [1.82, 2.24) is 15.5 Å². The minimum atomic E-state index is -0.170. The first-order valence-electron chi connectivity index (χ1n) is 6.95. The SMILES string of the molecule is CCN(C)CCNC(=NC)NCc1ccc(C)c(F)c1. The van der Waals surface area contributed by atoms with Crippen LogP contribution in [0.25, 0.3) is 0 Å². The second kappa shape index (κ2) is 8.53. The highest BCUT2D eigenvalue weighted by molar-refractivity contribution is 5.79. The standard InChI is InChI=1S/C15H25FN4/c1-5-20(4)9-8-18-15(17-3)19-11-13-7-6-12(2)14(16)10-13/h6-7,10H,5,8-9,11H2,1-4H3,(H2,17,18,19). The minimum absolute atomic E-state index is 0.170. The first kappa shape index (κ1) is 16.4. The second-order valence-corrected chi connectivity index (χ2v) is 4.83. The monoisotopic (exact) mass is 280 g/mol. The molecule has 0 aliphatic carbocycles. The average Bonchev–Trinajstić information content (AvgIpc) is 2.45. The van der Waals surface area contributed by atoms with Gasteiger partial charge in [0.05, 0.1) is 0 Å². The van der Waals surface area contributed by atoms with E-state index >= 15 is 0 Å². The summed E-state index contributed by atoms with van der Waals surface area (Å²) in [6.07, 6.45) is 0. The number of rotatable bonds is 6. The molecule has 112 valence electrons. The van der Waals surface area contributed by atoms with Gasteiger partial charge in [-0.2, -0.15) is 0 Å². The van der Waals surface area contributed by atoms with E-state index in [0.29, 0.717) is 12.1 Å². The third kappa shape index (κ3) is 5.57. The first-order chi connectivity index (χ1) is 9.56. The Balaban J connectivity index is 2.39. The van der Waals surface area contributed by atoms with Crippen molar-refractivity contribution in [3.05, 3.63) is 35.1 Å². The van der Waals surface area contributed by atoms with Gasteiger partial charge >= 0.3 is 0 Å². The number of hydrogen-bond acceptors (Lipinski definition) is 2. The summed E-state index contributed by atoms with van der Waals surface area (Å²) >= 11 is 0. The molecule has 0 atom stereocenters. The number of halogens is 1. The van der Waals surface area contributed by atoms with Crippen LogP contribution >= 0.6 is 0 Å². The number of benzene rings is 1. The van der Waals surface area contributed by atoms with Crippen molar-refractivity contribution >= 4 is 5.96 Å². The number of nitrogens with one attached hydrogen (secondary N) is 2. The molecule has 0 aliphatic heterocycles. The molecule has 0 heterocycles.